The van der Waals surface area contributed by atoms with Crippen molar-refractivity contribution in [2.45, 2.75) is 13.0 Å². The number of benzene rings is 2. The molecule has 0 spiro atoms. The monoisotopic (exact) mass is 294 g/mol. The summed E-state index contributed by atoms with van der Waals surface area (Å²) < 4.78 is 10.9. The third kappa shape index (κ3) is 5.58. The fraction of sp³-hybridized carbons (Fsp3) is 0.200. The Kier molecular flexibility index (Phi) is 6.46. The molecule has 1 unspecified atom stereocenters. The van der Waals surface area contributed by atoms with Crippen molar-refractivity contribution < 1.29 is 9.47 Å². The molecular weight excluding hydrogens is 272 g/mol. The molecule has 1 atom stereocenters. The van der Waals surface area contributed by atoms with E-state index in [0.29, 0.717) is 6.61 Å². The number of rotatable bonds is 7. The lowest BCUT2D eigenvalue weighted by molar-refractivity contribution is 0.124. The zero-order valence-electron chi connectivity index (χ0n) is 13.1. The molecule has 0 amide bonds. The van der Waals surface area contributed by atoms with Crippen LogP contribution < -0.4 is 4.74 Å². The van der Waals surface area contributed by atoms with Crippen LogP contribution in [0.15, 0.2) is 66.7 Å². The van der Waals surface area contributed by atoms with Gasteiger partial charge in [-0.1, -0.05) is 66.8 Å². The first-order chi connectivity index (χ1) is 10.8. The Hall–Kier alpha value is -2.32. The van der Waals surface area contributed by atoms with Gasteiger partial charge < -0.3 is 9.47 Å². The van der Waals surface area contributed by atoms with Crippen molar-refractivity contribution >= 4 is 12.2 Å². The normalized spacial score (nSPS) is 12.8. The molecule has 0 aromatic heterocycles. The van der Waals surface area contributed by atoms with Crippen molar-refractivity contribution in [3.05, 3.63) is 77.9 Å². The minimum atomic E-state index is 0.0840. The van der Waals surface area contributed by atoms with Crippen LogP contribution in [0.25, 0.3) is 12.2 Å². The summed E-state index contributed by atoms with van der Waals surface area (Å²) in [5, 5.41) is 0. The van der Waals surface area contributed by atoms with Crippen LogP contribution in [0.3, 0.4) is 0 Å². The number of hydrogen-bond acceptors (Lipinski definition) is 2. The Labute approximate surface area is 132 Å². The van der Waals surface area contributed by atoms with Crippen molar-refractivity contribution in [1.29, 1.82) is 0 Å². The Morgan fingerprint density at radius 1 is 0.909 bits per heavy atom. The smallest absolute Gasteiger partial charge is 0.118 e. The molecule has 2 nitrogen and oxygen atoms in total. The third-order valence-corrected chi connectivity index (χ3v) is 3.24. The van der Waals surface area contributed by atoms with E-state index in [1.54, 1.807) is 7.11 Å². The fourth-order valence-electron chi connectivity index (χ4n) is 1.97. The summed E-state index contributed by atoms with van der Waals surface area (Å²) in [5.74, 6) is 0.869. The van der Waals surface area contributed by atoms with Gasteiger partial charge in [0.25, 0.3) is 0 Å². The molecule has 0 aliphatic heterocycles. The molecule has 0 aliphatic carbocycles. The third-order valence-electron chi connectivity index (χ3n) is 3.24. The van der Waals surface area contributed by atoms with Gasteiger partial charge in [0.15, 0.2) is 0 Å². The largest absolute Gasteiger partial charge is 0.497 e. The van der Waals surface area contributed by atoms with Gasteiger partial charge in [-0.25, -0.2) is 0 Å². The van der Waals surface area contributed by atoms with Gasteiger partial charge in [-0.15, -0.1) is 0 Å². The highest BCUT2D eigenvalue weighted by molar-refractivity contribution is 5.51. The van der Waals surface area contributed by atoms with E-state index in [9.17, 15) is 0 Å². The average molecular weight is 294 g/mol. The first-order valence-corrected chi connectivity index (χ1v) is 7.43. The zero-order valence-corrected chi connectivity index (χ0v) is 13.1. The second-order valence-corrected chi connectivity index (χ2v) is 4.98. The number of methoxy groups -OCH3 is 1. The second kappa shape index (κ2) is 8.85. The van der Waals surface area contributed by atoms with E-state index in [-0.39, 0.29) is 6.10 Å². The average Bonchev–Trinajstić information content (AvgIpc) is 2.58. The van der Waals surface area contributed by atoms with Crippen LogP contribution in [0.2, 0.25) is 0 Å². The van der Waals surface area contributed by atoms with Crippen LogP contribution in [0.1, 0.15) is 18.1 Å². The van der Waals surface area contributed by atoms with E-state index in [1.807, 2.05) is 61.5 Å². The van der Waals surface area contributed by atoms with E-state index in [2.05, 4.69) is 24.3 Å². The lowest BCUT2D eigenvalue weighted by atomic mass is 10.2. The molecule has 0 heterocycles. The van der Waals surface area contributed by atoms with E-state index >= 15 is 0 Å². The topological polar surface area (TPSA) is 18.5 Å². The summed E-state index contributed by atoms with van der Waals surface area (Å²) in [6.07, 6.45) is 8.30. The van der Waals surface area contributed by atoms with Crippen LogP contribution >= 0.6 is 0 Å². The highest BCUT2D eigenvalue weighted by Gasteiger charge is 1.95. The van der Waals surface area contributed by atoms with E-state index in [1.165, 1.54) is 5.56 Å². The SMILES string of the molecule is COc1ccc(/C=C/COC(C)/C=C/c2ccccc2)cc1. The Morgan fingerprint density at radius 3 is 2.27 bits per heavy atom. The lowest BCUT2D eigenvalue weighted by Crippen LogP contribution is -2.03. The maximum atomic E-state index is 5.73. The lowest BCUT2D eigenvalue weighted by Gasteiger charge is -2.06. The van der Waals surface area contributed by atoms with Gasteiger partial charge in [0.05, 0.1) is 19.8 Å². The second-order valence-electron chi connectivity index (χ2n) is 4.98. The summed E-state index contributed by atoms with van der Waals surface area (Å²) >= 11 is 0. The fourth-order valence-corrected chi connectivity index (χ4v) is 1.97. The predicted molar refractivity (Wildman–Crippen MR) is 92.9 cm³/mol. The Balaban J connectivity index is 1.75. The molecule has 0 fully saturated rings. The molecular formula is C20H22O2. The Morgan fingerprint density at radius 2 is 1.59 bits per heavy atom. The molecule has 0 saturated heterocycles. The molecule has 0 saturated carbocycles. The molecule has 0 N–H and O–H groups in total. The molecule has 2 rings (SSSR count). The number of ether oxygens (including phenoxy) is 2. The summed E-state index contributed by atoms with van der Waals surface area (Å²) in [7, 11) is 1.67. The van der Waals surface area contributed by atoms with Crippen LogP contribution in [-0.4, -0.2) is 19.8 Å². The van der Waals surface area contributed by atoms with Gasteiger partial charge >= 0.3 is 0 Å². The maximum Gasteiger partial charge on any atom is 0.118 e. The molecule has 2 aromatic carbocycles. The highest BCUT2D eigenvalue weighted by atomic mass is 16.5. The van der Waals surface area contributed by atoms with Crippen LogP contribution in [0, 0.1) is 0 Å². The molecule has 22 heavy (non-hydrogen) atoms. The molecule has 0 bridgehead atoms. The predicted octanol–water partition coefficient (Wildman–Crippen LogP) is 4.83. The standard InChI is InChI=1S/C20H22O2/c1-17(10-11-18-7-4-3-5-8-18)22-16-6-9-19-12-14-20(21-2)15-13-19/h3-15,17H,16H2,1-2H3/b9-6+,11-10+. The minimum Gasteiger partial charge on any atom is -0.497 e. The minimum absolute atomic E-state index is 0.0840. The summed E-state index contributed by atoms with van der Waals surface area (Å²) in [6.45, 7) is 2.63. The highest BCUT2D eigenvalue weighted by Crippen LogP contribution is 2.12. The number of hydrogen-bond donors (Lipinski definition) is 0. The summed E-state index contributed by atoms with van der Waals surface area (Å²) in [5.41, 5.74) is 2.32. The van der Waals surface area contributed by atoms with E-state index in [4.69, 9.17) is 9.47 Å². The van der Waals surface area contributed by atoms with Gasteiger partial charge in [0.2, 0.25) is 0 Å². The van der Waals surface area contributed by atoms with Crippen LogP contribution in [-0.2, 0) is 4.74 Å². The molecule has 2 aromatic rings. The first kappa shape index (κ1) is 16.1. The van der Waals surface area contributed by atoms with Crippen molar-refractivity contribution in [2.75, 3.05) is 13.7 Å². The van der Waals surface area contributed by atoms with Crippen LogP contribution in [0.4, 0.5) is 0 Å². The summed E-state index contributed by atoms with van der Waals surface area (Å²) in [6, 6.07) is 18.2. The quantitative estimate of drug-likeness (QED) is 0.728. The Bertz CT molecular complexity index is 597. The molecule has 0 aliphatic rings. The molecule has 114 valence electrons. The van der Waals surface area contributed by atoms with E-state index in [0.717, 1.165) is 11.3 Å². The van der Waals surface area contributed by atoms with Gasteiger partial charge in [0.1, 0.15) is 5.75 Å². The maximum absolute atomic E-state index is 5.73. The van der Waals surface area contributed by atoms with Crippen molar-refractivity contribution in [3.8, 4) is 5.75 Å². The molecule has 0 radical (unpaired) electrons. The van der Waals surface area contributed by atoms with Crippen molar-refractivity contribution in [2.24, 2.45) is 0 Å². The van der Waals surface area contributed by atoms with Gasteiger partial charge in [-0.3, -0.25) is 0 Å². The zero-order chi connectivity index (χ0) is 15.6. The summed E-state index contributed by atoms with van der Waals surface area (Å²) in [4.78, 5) is 0. The van der Waals surface area contributed by atoms with E-state index < -0.39 is 0 Å². The van der Waals surface area contributed by atoms with Gasteiger partial charge in [-0.05, 0) is 30.2 Å². The van der Waals surface area contributed by atoms with Crippen molar-refractivity contribution in [1.82, 2.24) is 0 Å². The van der Waals surface area contributed by atoms with Crippen molar-refractivity contribution in [3.63, 3.8) is 0 Å². The first-order valence-electron chi connectivity index (χ1n) is 7.43. The van der Waals surface area contributed by atoms with Gasteiger partial charge in [0, 0.05) is 0 Å². The van der Waals surface area contributed by atoms with Crippen LogP contribution in [0.5, 0.6) is 5.75 Å². The molecule has 2 heteroatoms. The van der Waals surface area contributed by atoms with Gasteiger partial charge in [-0.2, -0.15) is 0 Å².